The van der Waals surface area contributed by atoms with Crippen LogP contribution in [0.15, 0.2) is 24.3 Å². The Bertz CT molecular complexity index is 960. The van der Waals surface area contributed by atoms with Crippen molar-refractivity contribution in [1.82, 2.24) is 4.90 Å². The van der Waals surface area contributed by atoms with Crippen molar-refractivity contribution in [2.45, 2.75) is 49.3 Å². The van der Waals surface area contributed by atoms with E-state index in [0.717, 1.165) is 17.5 Å². The molecule has 4 aliphatic rings. The first-order valence-electron chi connectivity index (χ1n) is 9.78. The van der Waals surface area contributed by atoms with Crippen LogP contribution in [-0.4, -0.2) is 58.9 Å². The lowest BCUT2D eigenvalue weighted by Gasteiger charge is -2.62. The van der Waals surface area contributed by atoms with Gasteiger partial charge in [0.15, 0.2) is 28.7 Å². The molecule has 2 bridgehead atoms. The summed E-state index contributed by atoms with van der Waals surface area (Å²) in [5.74, 6) is -0.493. The Balaban J connectivity index is 1.94. The number of rotatable bonds is 3. The van der Waals surface area contributed by atoms with Gasteiger partial charge in [0.05, 0.1) is 5.41 Å². The topological polar surface area (TPSA) is 87.1 Å². The maximum atomic E-state index is 13.3. The minimum absolute atomic E-state index is 0.0930. The SMILES string of the molecule is [2H]Oc1ccc2c3c1O[C@@]1(C(C)=O)[C@](O)(C(C)=O)C=C[C@H]4[C@@H](C2)N(C)CC[C@@]341. The first-order valence-corrected chi connectivity index (χ1v) is 9.37. The van der Waals surface area contributed by atoms with Gasteiger partial charge < -0.3 is 19.9 Å². The highest BCUT2D eigenvalue weighted by molar-refractivity contribution is 6.03. The molecular weight excluding hydrogens is 346 g/mol. The fraction of sp³-hybridized carbons (Fsp3) is 0.524. The number of ether oxygens (including phenoxy) is 1. The summed E-state index contributed by atoms with van der Waals surface area (Å²) in [6.45, 7) is 3.39. The molecule has 2 N–H and O–H groups in total. The summed E-state index contributed by atoms with van der Waals surface area (Å²) in [5, 5.41) is 16.4. The molecule has 1 saturated heterocycles. The van der Waals surface area contributed by atoms with Crippen LogP contribution in [0.4, 0.5) is 0 Å². The van der Waals surface area contributed by atoms with Gasteiger partial charge in [-0.15, -0.1) is 0 Å². The van der Waals surface area contributed by atoms with E-state index in [-0.39, 0.29) is 23.5 Å². The number of carbonyl (C=O) groups excluding carboxylic acids is 2. The number of nitrogens with zero attached hydrogens (tertiary/aromatic N) is 1. The molecule has 0 radical (unpaired) electrons. The van der Waals surface area contributed by atoms with Crippen molar-refractivity contribution in [3.05, 3.63) is 35.4 Å². The second-order valence-corrected chi connectivity index (χ2v) is 8.45. The number of hydrogen-bond acceptors (Lipinski definition) is 6. The minimum Gasteiger partial charge on any atom is -0.504 e. The number of piperidine rings is 1. The maximum absolute atomic E-state index is 13.3. The number of benzene rings is 1. The first-order chi connectivity index (χ1) is 13.2. The van der Waals surface area contributed by atoms with Crippen molar-refractivity contribution in [3.63, 3.8) is 0 Å². The van der Waals surface area contributed by atoms with E-state index in [9.17, 15) is 14.7 Å². The van der Waals surface area contributed by atoms with E-state index in [4.69, 9.17) is 11.3 Å². The molecule has 5 rings (SSSR count). The van der Waals surface area contributed by atoms with E-state index >= 15 is 0 Å². The van der Waals surface area contributed by atoms with Crippen molar-refractivity contribution in [2.75, 3.05) is 13.6 Å². The molecule has 6 nitrogen and oxygen atoms in total. The molecule has 27 heavy (non-hydrogen) atoms. The average Bonchev–Trinajstić information content (AvgIpc) is 2.98. The van der Waals surface area contributed by atoms with Crippen LogP contribution in [0.2, 0.25) is 0 Å². The number of likely N-dealkylation sites (tertiary alicyclic amines) is 1. The van der Waals surface area contributed by atoms with Gasteiger partial charge in [-0.05, 0) is 58.0 Å². The first kappa shape index (κ1) is 15.8. The largest absolute Gasteiger partial charge is 0.504 e. The number of carbonyl (C=O) groups is 2. The predicted octanol–water partition coefficient (Wildman–Crippen LogP) is 1.12. The van der Waals surface area contributed by atoms with Crippen LogP contribution in [0.1, 0.15) is 31.4 Å². The van der Waals surface area contributed by atoms with Gasteiger partial charge in [-0.3, -0.25) is 9.59 Å². The van der Waals surface area contributed by atoms with E-state index < -0.39 is 22.4 Å². The maximum Gasteiger partial charge on any atom is 0.293 e. The van der Waals surface area contributed by atoms with E-state index in [1.165, 1.54) is 19.9 Å². The lowest BCUT2D eigenvalue weighted by Crippen LogP contribution is -2.79. The number of ketones is 2. The molecule has 142 valence electrons. The summed E-state index contributed by atoms with van der Waals surface area (Å²) in [5.41, 5.74) is -2.87. The lowest BCUT2D eigenvalue weighted by atomic mass is 9.45. The van der Waals surface area contributed by atoms with Gasteiger partial charge in [0.2, 0.25) is 5.60 Å². The highest BCUT2D eigenvalue weighted by Crippen LogP contribution is 2.68. The quantitative estimate of drug-likeness (QED) is 0.776. The summed E-state index contributed by atoms with van der Waals surface area (Å²) in [4.78, 5) is 28.3. The predicted molar refractivity (Wildman–Crippen MR) is 96.8 cm³/mol. The van der Waals surface area contributed by atoms with Crippen LogP contribution >= 0.6 is 0 Å². The Morgan fingerprint density at radius 3 is 2.78 bits per heavy atom. The van der Waals surface area contributed by atoms with Gasteiger partial charge in [0, 0.05) is 17.5 Å². The molecule has 0 saturated carbocycles. The lowest BCUT2D eigenvalue weighted by molar-refractivity contribution is -0.187. The summed E-state index contributed by atoms with van der Waals surface area (Å²) in [7, 11) is 2.07. The molecule has 2 heterocycles. The van der Waals surface area contributed by atoms with Gasteiger partial charge in [0.25, 0.3) is 1.43 Å². The normalized spacial score (nSPS) is 41.4. The molecule has 5 atom stereocenters. The standard InChI is InChI=1S/C21H23NO5/c1-11(23)20(26)7-6-14-15-10-13-4-5-16(25)18-17(13)19(14,8-9-22(15)3)21(20,27-18)12(2)24/h4-7,14-15,25-26H,8-10H2,1-3H3/t14-,15+,19-,20+,21+/m0/s1/i/hD. The summed E-state index contributed by atoms with van der Waals surface area (Å²) in [6, 6.07) is 3.71. The van der Waals surface area contributed by atoms with Crippen molar-refractivity contribution in [3.8, 4) is 11.5 Å². The Hall–Kier alpha value is -2.18. The number of likely N-dealkylation sites (N-methyl/N-ethyl adjacent to an activating group) is 1. The third kappa shape index (κ3) is 1.54. The fourth-order valence-electron chi connectivity index (χ4n) is 6.37. The van der Waals surface area contributed by atoms with Crippen molar-refractivity contribution in [1.29, 1.82) is 1.43 Å². The third-order valence-corrected chi connectivity index (χ3v) is 7.49. The van der Waals surface area contributed by atoms with Crippen LogP contribution < -0.4 is 4.74 Å². The van der Waals surface area contributed by atoms with E-state index in [1.807, 2.05) is 12.1 Å². The number of aromatic hydroxyl groups is 1. The fourth-order valence-corrected chi connectivity index (χ4v) is 6.37. The van der Waals surface area contributed by atoms with E-state index in [0.29, 0.717) is 18.7 Å². The van der Waals surface area contributed by atoms with Crippen molar-refractivity contribution >= 4 is 11.6 Å². The molecule has 0 amide bonds. The Labute approximate surface area is 158 Å². The zero-order valence-electron chi connectivity index (χ0n) is 16.6. The van der Waals surface area contributed by atoms with Gasteiger partial charge >= 0.3 is 0 Å². The summed E-state index contributed by atoms with van der Waals surface area (Å²) in [6.07, 6.45) is 4.69. The Morgan fingerprint density at radius 1 is 1.33 bits per heavy atom. The summed E-state index contributed by atoms with van der Waals surface area (Å²) >= 11 is 0. The molecule has 6 heteroatoms. The second-order valence-electron chi connectivity index (χ2n) is 8.45. The highest BCUT2D eigenvalue weighted by Gasteiger charge is 2.79. The van der Waals surface area contributed by atoms with Crippen LogP contribution in [0.3, 0.4) is 0 Å². The van der Waals surface area contributed by atoms with Crippen LogP contribution in [0.5, 0.6) is 11.5 Å². The molecule has 0 aromatic heterocycles. The number of hydrogen-bond donors (Lipinski definition) is 2. The molecule has 2 aliphatic carbocycles. The van der Waals surface area contributed by atoms with Gasteiger partial charge in [-0.2, -0.15) is 0 Å². The smallest absolute Gasteiger partial charge is 0.293 e. The summed E-state index contributed by atoms with van der Waals surface area (Å²) < 4.78 is 13.8. The minimum atomic E-state index is -2.08. The number of phenols is 1. The average molecular weight is 370 g/mol. The number of phenolic OH excluding ortho intramolecular Hbond substituents is 1. The number of Topliss-reactive ketones (excluding diaryl/α,β-unsaturated/α-hetero) is 2. The van der Waals surface area contributed by atoms with Crippen molar-refractivity contribution in [2.24, 2.45) is 5.92 Å². The second kappa shape index (κ2) is 4.80. The third-order valence-electron chi connectivity index (χ3n) is 7.49. The highest BCUT2D eigenvalue weighted by atomic mass is 16.5. The number of aliphatic hydroxyl groups is 1. The van der Waals surface area contributed by atoms with Crippen LogP contribution in [-0.2, 0) is 21.4 Å². The Morgan fingerprint density at radius 2 is 2.11 bits per heavy atom. The Kier molecular flexibility index (Phi) is 2.82. The van der Waals surface area contributed by atoms with E-state index in [1.54, 1.807) is 6.07 Å². The molecular formula is C21H23NO5. The molecule has 1 aromatic rings. The molecule has 0 unspecified atom stereocenters. The molecule has 2 aliphatic heterocycles. The van der Waals surface area contributed by atoms with Crippen LogP contribution in [0, 0.1) is 5.92 Å². The molecule has 1 fully saturated rings. The van der Waals surface area contributed by atoms with Gasteiger partial charge in [-0.1, -0.05) is 12.1 Å². The zero-order chi connectivity index (χ0) is 20.1. The van der Waals surface area contributed by atoms with Gasteiger partial charge in [0.1, 0.15) is 0 Å². The van der Waals surface area contributed by atoms with Crippen LogP contribution in [0.25, 0.3) is 0 Å². The van der Waals surface area contributed by atoms with E-state index in [2.05, 4.69) is 11.9 Å². The molecule has 1 aromatic carbocycles. The molecule has 1 spiro atoms. The monoisotopic (exact) mass is 370 g/mol. The van der Waals surface area contributed by atoms with Crippen molar-refractivity contribution < 1.29 is 24.5 Å². The zero-order valence-corrected chi connectivity index (χ0v) is 15.6. The van der Waals surface area contributed by atoms with Gasteiger partial charge in [-0.25, -0.2) is 0 Å².